The van der Waals surface area contributed by atoms with Gasteiger partial charge in [-0.2, -0.15) is 0 Å². The van der Waals surface area contributed by atoms with Crippen LogP contribution in [0, 0.1) is 11.6 Å². The van der Waals surface area contributed by atoms with E-state index in [0.717, 1.165) is 11.9 Å². The quantitative estimate of drug-likeness (QED) is 0.166. The molecule has 226 valence electrons. The lowest BCUT2D eigenvalue weighted by Crippen LogP contribution is -2.60. The summed E-state index contributed by atoms with van der Waals surface area (Å²) in [4.78, 5) is 42.5. The average molecular weight is 608 g/mol. The minimum Gasteiger partial charge on any atom is -0.480 e. The number of benzene rings is 2. The molecule has 11 nitrogen and oxygen atoms in total. The lowest BCUT2D eigenvalue weighted by molar-refractivity contribution is -0.184. The summed E-state index contributed by atoms with van der Waals surface area (Å²) in [6, 6.07) is 8.77. The van der Waals surface area contributed by atoms with E-state index in [1.54, 1.807) is 14.1 Å². The van der Waals surface area contributed by atoms with Crippen molar-refractivity contribution in [2.75, 3.05) is 26.0 Å². The van der Waals surface area contributed by atoms with Crippen LogP contribution in [0.3, 0.4) is 0 Å². The Balaban J connectivity index is 1.78. The fourth-order valence-corrected chi connectivity index (χ4v) is 4.53. The van der Waals surface area contributed by atoms with Crippen LogP contribution in [0.2, 0.25) is 5.02 Å². The van der Waals surface area contributed by atoms with Crippen molar-refractivity contribution in [3.8, 4) is 0 Å². The van der Waals surface area contributed by atoms with E-state index < -0.39 is 48.0 Å². The van der Waals surface area contributed by atoms with Crippen LogP contribution in [0.1, 0.15) is 31.7 Å². The van der Waals surface area contributed by atoms with Crippen LogP contribution >= 0.6 is 11.6 Å². The van der Waals surface area contributed by atoms with Crippen molar-refractivity contribution in [2.45, 2.75) is 44.5 Å². The molecule has 1 heterocycles. The monoisotopic (exact) mass is 607 g/mol. The molecule has 0 aliphatic rings. The number of hydrazine groups is 1. The molecule has 4 N–H and O–H groups in total. The predicted molar refractivity (Wildman–Crippen MR) is 151 cm³/mol. The van der Waals surface area contributed by atoms with Crippen molar-refractivity contribution >= 4 is 46.2 Å². The van der Waals surface area contributed by atoms with E-state index in [2.05, 4.69) is 15.7 Å². The van der Waals surface area contributed by atoms with Crippen molar-refractivity contribution in [1.29, 1.82) is 0 Å². The number of carboxylic acids is 1. The van der Waals surface area contributed by atoms with Crippen molar-refractivity contribution in [1.82, 2.24) is 20.3 Å². The van der Waals surface area contributed by atoms with Gasteiger partial charge in [-0.15, -0.1) is 0 Å². The molecular weight excluding hydrogens is 576 g/mol. The number of ether oxygens (including phenoxy) is 1. The molecule has 42 heavy (non-hydrogen) atoms. The Kier molecular flexibility index (Phi) is 11.1. The predicted octanol–water partition coefficient (Wildman–Crippen LogP) is 4.14. The van der Waals surface area contributed by atoms with Crippen LogP contribution in [-0.2, 0) is 20.9 Å². The number of carboxylic acid groups (broad SMARTS) is 1. The molecule has 1 aromatic heterocycles. The van der Waals surface area contributed by atoms with Gasteiger partial charge in [0.25, 0.3) is 0 Å². The molecule has 0 aliphatic carbocycles. The Morgan fingerprint density at radius 3 is 2.55 bits per heavy atom. The first-order valence-corrected chi connectivity index (χ1v) is 13.3. The maximum absolute atomic E-state index is 13.9. The second kappa shape index (κ2) is 14.3. The number of aliphatic hydroxyl groups is 1. The van der Waals surface area contributed by atoms with Gasteiger partial charge in [-0.1, -0.05) is 23.7 Å². The van der Waals surface area contributed by atoms with Gasteiger partial charge in [-0.3, -0.25) is 19.8 Å². The zero-order chi connectivity index (χ0) is 31.0. The van der Waals surface area contributed by atoms with E-state index in [4.69, 9.17) is 16.3 Å². The molecule has 1 unspecified atom stereocenters. The number of hydrogen-bond acceptors (Lipinski definition) is 8. The molecule has 2 atom stereocenters. The number of pyridine rings is 1. The second-order valence-corrected chi connectivity index (χ2v) is 10.2. The molecule has 2 aromatic carbocycles. The number of halogens is 3. The molecule has 0 fully saturated rings. The fraction of sp³-hybridized carbons (Fsp3) is 0.357. The van der Waals surface area contributed by atoms with Crippen molar-refractivity contribution in [3.05, 3.63) is 70.9 Å². The largest absolute Gasteiger partial charge is 0.480 e. The van der Waals surface area contributed by atoms with Gasteiger partial charge in [0.2, 0.25) is 5.91 Å². The van der Waals surface area contributed by atoms with Gasteiger partial charge in [0.05, 0.1) is 5.02 Å². The highest BCUT2D eigenvalue weighted by molar-refractivity contribution is 6.31. The Morgan fingerprint density at radius 2 is 1.88 bits per heavy atom. The van der Waals surface area contributed by atoms with Gasteiger partial charge in [0.1, 0.15) is 30.1 Å². The van der Waals surface area contributed by atoms with E-state index in [-0.39, 0.29) is 36.6 Å². The van der Waals surface area contributed by atoms with Crippen LogP contribution in [0.5, 0.6) is 0 Å². The number of nitrogens with zero attached hydrogens (tertiary/aromatic N) is 3. The lowest BCUT2D eigenvalue weighted by Gasteiger charge is -2.39. The third-order valence-electron chi connectivity index (χ3n) is 6.50. The van der Waals surface area contributed by atoms with E-state index in [0.29, 0.717) is 16.3 Å². The highest BCUT2D eigenvalue weighted by Crippen LogP contribution is 2.24. The Hall–Kier alpha value is -3.91. The molecular formula is C28H32ClF2N5O6. The molecule has 0 radical (unpaired) electrons. The summed E-state index contributed by atoms with van der Waals surface area (Å²) in [7, 11) is 3.19. The molecule has 0 saturated carbocycles. The van der Waals surface area contributed by atoms with Gasteiger partial charge in [0, 0.05) is 31.5 Å². The number of fused-ring (bicyclic) bond motifs is 1. The number of aliphatic carboxylic acids is 1. The number of anilines is 1. The van der Waals surface area contributed by atoms with E-state index in [1.807, 2.05) is 0 Å². The molecule has 2 amide bonds. The first kappa shape index (κ1) is 32.6. The van der Waals surface area contributed by atoms with Crippen molar-refractivity contribution < 1.29 is 38.1 Å². The zero-order valence-electron chi connectivity index (χ0n) is 23.2. The summed E-state index contributed by atoms with van der Waals surface area (Å²) >= 11 is 6.03. The number of amides is 2. The smallest absolute Gasteiger partial charge is 0.412 e. The third-order valence-corrected chi connectivity index (χ3v) is 6.93. The first-order valence-electron chi connectivity index (χ1n) is 12.9. The molecule has 0 aliphatic heterocycles. The van der Waals surface area contributed by atoms with Crippen molar-refractivity contribution in [2.24, 2.45) is 0 Å². The molecule has 0 spiro atoms. The molecule has 3 aromatic rings. The topological polar surface area (TPSA) is 144 Å². The molecule has 0 bridgehead atoms. The highest BCUT2D eigenvalue weighted by Gasteiger charge is 2.39. The fourth-order valence-electron chi connectivity index (χ4n) is 4.33. The Morgan fingerprint density at radius 1 is 1.14 bits per heavy atom. The number of carbonyl (C=O) groups excluding carboxylic acids is 2. The van der Waals surface area contributed by atoms with E-state index >= 15 is 0 Å². The van der Waals surface area contributed by atoms with Gasteiger partial charge in [0.15, 0.2) is 5.72 Å². The maximum Gasteiger partial charge on any atom is 0.412 e. The molecule has 0 saturated heterocycles. The van der Waals surface area contributed by atoms with Gasteiger partial charge < -0.3 is 14.9 Å². The van der Waals surface area contributed by atoms with Crippen LogP contribution in [0.25, 0.3) is 10.8 Å². The van der Waals surface area contributed by atoms with Crippen LogP contribution < -0.4 is 10.7 Å². The summed E-state index contributed by atoms with van der Waals surface area (Å²) in [6.45, 7) is 0.255. The summed E-state index contributed by atoms with van der Waals surface area (Å²) in [5.41, 5.74) is 0.861. The van der Waals surface area contributed by atoms with Gasteiger partial charge in [-0.25, -0.2) is 29.0 Å². The summed E-state index contributed by atoms with van der Waals surface area (Å²) in [5.74, 6) is -2.82. The number of carbonyl (C=O) groups is 3. The molecule has 3 rings (SSSR count). The van der Waals surface area contributed by atoms with Crippen molar-refractivity contribution in [3.63, 3.8) is 0 Å². The van der Waals surface area contributed by atoms with Gasteiger partial charge >= 0.3 is 12.1 Å². The SMILES string of the molecule is CC(=O)N(NCc1cccc(F)c1Cl)[C@](O)(CCCC(C(=O)O)N(C)C)COC(=O)Nc1cc2cc(F)ccc2cn1. The normalized spacial score (nSPS) is 13.4. The second-order valence-electron chi connectivity index (χ2n) is 9.86. The number of hydrogen-bond donors (Lipinski definition) is 4. The zero-order valence-corrected chi connectivity index (χ0v) is 24.0. The van der Waals surface area contributed by atoms with Crippen LogP contribution in [0.15, 0.2) is 48.7 Å². The summed E-state index contributed by atoms with van der Waals surface area (Å²) in [6.07, 6.45) is 0.430. The maximum atomic E-state index is 13.9. The number of rotatable bonds is 13. The Labute approximate surface area is 246 Å². The van der Waals surface area contributed by atoms with E-state index in [9.17, 15) is 33.4 Å². The Bertz CT molecular complexity index is 1450. The van der Waals surface area contributed by atoms with Gasteiger partial charge in [-0.05, 0) is 68.2 Å². The average Bonchev–Trinajstić information content (AvgIpc) is 2.91. The summed E-state index contributed by atoms with van der Waals surface area (Å²) < 4.78 is 32.8. The molecule has 14 heteroatoms. The standard InChI is InChI=1S/C28H32ClF2N5O6/c1-17(37)36(33-15-19-6-4-7-22(31)25(19)29)28(41,11-5-8-23(26(38)39)35(2)3)16-42-27(40)34-24-13-20-12-21(30)10-9-18(20)14-32-24/h4,6-7,9-10,12-14,23,33,41H,5,8,11,15-16H2,1-3H3,(H,38,39)(H,32,34,40)/t23?,28-/m0/s1. The van der Waals surface area contributed by atoms with Crippen LogP contribution in [0.4, 0.5) is 19.4 Å². The lowest BCUT2D eigenvalue weighted by atomic mass is 10.0. The number of nitrogens with one attached hydrogen (secondary N) is 2. The summed E-state index contributed by atoms with van der Waals surface area (Å²) in [5, 5.41) is 25.3. The van der Waals surface area contributed by atoms with Crippen LogP contribution in [-0.4, -0.2) is 75.5 Å². The third kappa shape index (κ3) is 8.55. The minimum atomic E-state index is -2.15. The number of likely N-dealkylation sites (N-methyl/N-ethyl adjacent to an activating group) is 1. The first-order chi connectivity index (χ1) is 19.8. The minimum absolute atomic E-state index is 0.0548. The van der Waals surface area contributed by atoms with E-state index in [1.165, 1.54) is 53.6 Å². The number of aromatic nitrogens is 1. The highest BCUT2D eigenvalue weighted by atomic mass is 35.5.